The number of nitrogens with one attached hydrogen (secondary N) is 1. The molecule has 4 nitrogen and oxygen atoms in total. The smallest absolute Gasteiger partial charge is 0.270 e. The first-order valence-corrected chi connectivity index (χ1v) is 8.68. The Hall–Kier alpha value is -1.97. The number of carbonyl (C=O) groups excluding carboxylic acids is 1. The quantitative estimate of drug-likeness (QED) is 0.898. The Morgan fingerprint density at radius 1 is 1.30 bits per heavy atom. The summed E-state index contributed by atoms with van der Waals surface area (Å²) in [6.45, 7) is 3.69. The molecule has 1 fully saturated rings. The van der Waals surface area contributed by atoms with Crippen molar-refractivity contribution in [3.8, 4) is 5.75 Å². The molecule has 1 aromatic carbocycles. The molecule has 2 aromatic rings. The minimum Gasteiger partial charge on any atom is -0.496 e. The molecule has 1 aromatic heterocycles. The third-order valence-electron chi connectivity index (χ3n) is 4.95. The molecule has 1 aliphatic carbocycles. The van der Waals surface area contributed by atoms with Crippen molar-refractivity contribution < 1.29 is 9.53 Å². The number of aromatic amines is 1. The summed E-state index contributed by atoms with van der Waals surface area (Å²) in [5.74, 6) is 1.55. The van der Waals surface area contributed by atoms with E-state index in [1.165, 1.54) is 32.1 Å². The number of methoxy groups -OCH3 is 1. The number of hydrogen-bond donors (Lipinski definition) is 1. The fourth-order valence-electron chi connectivity index (χ4n) is 3.63. The van der Waals surface area contributed by atoms with Crippen LogP contribution in [0, 0.1) is 5.92 Å². The van der Waals surface area contributed by atoms with Gasteiger partial charge in [-0.25, -0.2) is 0 Å². The van der Waals surface area contributed by atoms with Crippen LogP contribution in [-0.2, 0) is 0 Å². The second-order valence-corrected chi connectivity index (χ2v) is 6.45. The zero-order valence-corrected chi connectivity index (χ0v) is 14.1. The van der Waals surface area contributed by atoms with Crippen LogP contribution in [0.25, 0.3) is 10.9 Å². The fourth-order valence-corrected chi connectivity index (χ4v) is 3.63. The fraction of sp³-hybridized carbons (Fsp3) is 0.526. The molecular formula is C19H26N2O2. The molecule has 0 spiro atoms. The van der Waals surface area contributed by atoms with Crippen molar-refractivity contribution in [2.45, 2.75) is 39.0 Å². The van der Waals surface area contributed by atoms with Gasteiger partial charge in [0.05, 0.1) is 7.11 Å². The van der Waals surface area contributed by atoms with Gasteiger partial charge in [0.2, 0.25) is 0 Å². The summed E-state index contributed by atoms with van der Waals surface area (Å²) in [6.07, 6.45) is 6.47. The van der Waals surface area contributed by atoms with E-state index in [-0.39, 0.29) is 5.91 Å². The number of ether oxygens (including phenoxy) is 1. The zero-order chi connectivity index (χ0) is 16.2. The second-order valence-electron chi connectivity index (χ2n) is 6.45. The van der Waals surface area contributed by atoms with Crippen molar-refractivity contribution in [3.05, 3.63) is 30.0 Å². The van der Waals surface area contributed by atoms with E-state index in [9.17, 15) is 4.79 Å². The molecule has 1 saturated carbocycles. The van der Waals surface area contributed by atoms with E-state index in [2.05, 4.69) is 11.9 Å². The van der Waals surface area contributed by atoms with Gasteiger partial charge in [0.25, 0.3) is 5.91 Å². The molecule has 1 heterocycles. The first-order valence-electron chi connectivity index (χ1n) is 8.68. The van der Waals surface area contributed by atoms with Gasteiger partial charge in [0, 0.05) is 24.0 Å². The van der Waals surface area contributed by atoms with Gasteiger partial charge in [-0.2, -0.15) is 0 Å². The Balaban J connectivity index is 1.80. The molecule has 3 rings (SSSR count). The van der Waals surface area contributed by atoms with Crippen LogP contribution in [0.3, 0.4) is 0 Å². The SMILES string of the molecule is CCN(CC1CCCCC1)C(=O)c1cc2c(OC)cccc2[nH]1. The number of amides is 1. The monoisotopic (exact) mass is 314 g/mol. The lowest BCUT2D eigenvalue weighted by molar-refractivity contribution is 0.0719. The van der Waals surface area contributed by atoms with Crippen molar-refractivity contribution in [2.24, 2.45) is 5.92 Å². The Morgan fingerprint density at radius 3 is 2.78 bits per heavy atom. The molecule has 0 aliphatic heterocycles. The van der Waals surface area contributed by atoms with Gasteiger partial charge in [-0.05, 0) is 43.9 Å². The van der Waals surface area contributed by atoms with Gasteiger partial charge in [0.15, 0.2) is 0 Å². The van der Waals surface area contributed by atoms with Crippen LogP contribution in [0.1, 0.15) is 49.5 Å². The van der Waals surface area contributed by atoms with Crippen LogP contribution in [-0.4, -0.2) is 36.0 Å². The number of H-pyrrole nitrogens is 1. The minimum absolute atomic E-state index is 0.0938. The predicted octanol–water partition coefficient (Wildman–Crippen LogP) is 4.22. The average Bonchev–Trinajstić information content (AvgIpc) is 3.04. The number of rotatable bonds is 5. The van der Waals surface area contributed by atoms with Gasteiger partial charge in [-0.3, -0.25) is 4.79 Å². The van der Waals surface area contributed by atoms with Gasteiger partial charge in [-0.15, -0.1) is 0 Å². The number of fused-ring (bicyclic) bond motifs is 1. The first-order chi connectivity index (χ1) is 11.2. The van der Waals surface area contributed by atoms with Crippen molar-refractivity contribution in [1.29, 1.82) is 0 Å². The van der Waals surface area contributed by atoms with Crippen molar-refractivity contribution in [1.82, 2.24) is 9.88 Å². The molecule has 0 unspecified atom stereocenters. The van der Waals surface area contributed by atoms with Crippen LogP contribution in [0.15, 0.2) is 24.3 Å². The summed E-state index contributed by atoms with van der Waals surface area (Å²) >= 11 is 0. The van der Waals surface area contributed by atoms with Crippen LogP contribution >= 0.6 is 0 Å². The number of benzene rings is 1. The maximum Gasteiger partial charge on any atom is 0.270 e. The number of hydrogen-bond acceptors (Lipinski definition) is 2. The highest BCUT2D eigenvalue weighted by Gasteiger charge is 2.22. The van der Waals surface area contributed by atoms with E-state index < -0.39 is 0 Å². The van der Waals surface area contributed by atoms with E-state index in [1.807, 2.05) is 29.2 Å². The number of nitrogens with zero attached hydrogens (tertiary/aromatic N) is 1. The highest BCUT2D eigenvalue weighted by molar-refractivity contribution is 5.99. The minimum atomic E-state index is 0.0938. The van der Waals surface area contributed by atoms with Crippen LogP contribution in [0.2, 0.25) is 0 Å². The van der Waals surface area contributed by atoms with Crippen molar-refractivity contribution >= 4 is 16.8 Å². The van der Waals surface area contributed by atoms with E-state index in [0.717, 1.165) is 29.7 Å². The van der Waals surface area contributed by atoms with Crippen LogP contribution in [0.5, 0.6) is 5.75 Å². The highest BCUT2D eigenvalue weighted by Crippen LogP contribution is 2.28. The number of aromatic nitrogens is 1. The Morgan fingerprint density at radius 2 is 2.09 bits per heavy atom. The summed E-state index contributed by atoms with van der Waals surface area (Å²) in [4.78, 5) is 18.1. The average molecular weight is 314 g/mol. The second kappa shape index (κ2) is 7.07. The summed E-state index contributed by atoms with van der Waals surface area (Å²) in [7, 11) is 1.66. The van der Waals surface area contributed by atoms with E-state index in [0.29, 0.717) is 11.6 Å². The molecule has 1 aliphatic rings. The van der Waals surface area contributed by atoms with Gasteiger partial charge < -0.3 is 14.6 Å². The lowest BCUT2D eigenvalue weighted by atomic mass is 9.89. The van der Waals surface area contributed by atoms with E-state index >= 15 is 0 Å². The Labute approximate surface area is 137 Å². The highest BCUT2D eigenvalue weighted by atomic mass is 16.5. The maximum atomic E-state index is 12.9. The third kappa shape index (κ3) is 3.36. The molecule has 4 heteroatoms. The maximum absolute atomic E-state index is 12.9. The standard InChI is InChI=1S/C19H26N2O2/c1-3-21(13-14-8-5-4-6-9-14)19(22)17-12-15-16(20-17)10-7-11-18(15)23-2/h7,10-12,14,20H,3-6,8-9,13H2,1-2H3. The van der Waals surface area contributed by atoms with Crippen LogP contribution < -0.4 is 4.74 Å². The molecule has 0 radical (unpaired) electrons. The zero-order valence-electron chi connectivity index (χ0n) is 14.1. The largest absolute Gasteiger partial charge is 0.496 e. The molecule has 0 bridgehead atoms. The molecule has 23 heavy (non-hydrogen) atoms. The summed E-state index contributed by atoms with van der Waals surface area (Å²) in [5.41, 5.74) is 1.60. The summed E-state index contributed by atoms with van der Waals surface area (Å²) in [5, 5.41) is 0.965. The van der Waals surface area contributed by atoms with Gasteiger partial charge in [-0.1, -0.05) is 25.3 Å². The molecule has 1 amide bonds. The van der Waals surface area contributed by atoms with Gasteiger partial charge in [0.1, 0.15) is 11.4 Å². The normalized spacial score (nSPS) is 15.7. The van der Waals surface area contributed by atoms with Crippen molar-refractivity contribution in [3.63, 3.8) is 0 Å². The Kier molecular flexibility index (Phi) is 4.89. The first kappa shape index (κ1) is 15.9. The Bertz CT molecular complexity index is 671. The molecular weight excluding hydrogens is 288 g/mol. The molecule has 0 saturated heterocycles. The molecule has 124 valence electrons. The van der Waals surface area contributed by atoms with Crippen LogP contribution in [0.4, 0.5) is 0 Å². The topological polar surface area (TPSA) is 45.3 Å². The predicted molar refractivity (Wildman–Crippen MR) is 93.0 cm³/mol. The number of carbonyl (C=O) groups is 1. The van der Waals surface area contributed by atoms with Crippen molar-refractivity contribution in [2.75, 3.05) is 20.2 Å². The lowest BCUT2D eigenvalue weighted by Gasteiger charge is -2.28. The van der Waals surface area contributed by atoms with E-state index in [4.69, 9.17) is 4.74 Å². The lowest BCUT2D eigenvalue weighted by Crippen LogP contribution is -2.36. The molecule has 1 N–H and O–H groups in total. The summed E-state index contributed by atoms with van der Waals surface area (Å²) in [6, 6.07) is 7.75. The van der Waals surface area contributed by atoms with E-state index in [1.54, 1.807) is 7.11 Å². The summed E-state index contributed by atoms with van der Waals surface area (Å²) < 4.78 is 5.38. The molecule has 0 atom stereocenters. The third-order valence-corrected chi connectivity index (χ3v) is 4.95. The van der Waals surface area contributed by atoms with Gasteiger partial charge >= 0.3 is 0 Å².